The highest BCUT2D eigenvalue weighted by Gasteiger charge is 2.22. The molecule has 1 amide bonds. The molecule has 19 heavy (non-hydrogen) atoms. The van der Waals surface area contributed by atoms with E-state index in [2.05, 4.69) is 11.9 Å². The Labute approximate surface area is 114 Å². The Morgan fingerprint density at radius 1 is 1.32 bits per heavy atom. The highest BCUT2D eigenvalue weighted by molar-refractivity contribution is 7.47. The fraction of sp³-hybridized carbons (Fsp3) is 0.727. The molecule has 7 nitrogen and oxygen atoms in total. The van der Waals surface area contributed by atoms with E-state index in [4.69, 9.17) is 9.05 Å². The summed E-state index contributed by atoms with van der Waals surface area (Å²) in [5, 5.41) is 2.48. The minimum absolute atomic E-state index is 0.100. The molecule has 0 aliphatic heterocycles. The average Bonchev–Trinajstić information content (AvgIpc) is 2.21. The molecule has 1 atom stereocenters. The van der Waals surface area contributed by atoms with Gasteiger partial charge in [-0.2, -0.15) is 0 Å². The molecule has 0 saturated heterocycles. The number of hydrogen-bond acceptors (Lipinski definition) is 4. The van der Waals surface area contributed by atoms with Gasteiger partial charge in [0.15, 0.2) is 0 Å². The maximum Gasteiger partial charge on any atom is 0.472 e. The zero-order valence-corrected chi connectivity index (χ0v) is 12.9. The van der Waals surface area contributed by atoms with Crippen molar-refractivity contribution in [3.8, 4) is 0 Å². The van der Waals surface area contributed by atoms with Crippen molar-refractivity contribution in [3.63, 3.8) is 0 Å². The second-order valence-electron chi connectivity index (χ2n) is 5.19. The van der Waals surface area contributed by atoms with Gasteiger partial charge in [0.05, 0.1) is 27.7 Å². The quantitative estimate of drug-likeness (QED) is 0.280. The topological polar surface area (TPSA) is 84.9 Å². The lowest BCUT2D eigenvalue weighted by molar-refractivity contribution is -0.870. The SMILES string of the molecule is C=C(C)C(=O)NCCOP(=O)(O)OCC[N+](C)(C)C. The summed E-state index contributed by atoms with van der Waals surface area (Å²) >= 11 is 0. The third-order valence-electron chi connectivity index (χ3n) is 2.05. The van der Waals surface area contributed by atoms with Crippen LogP contribution in [-0.4, -0.2) is 62.7 Å². The summed E-state index contributed by atoms with van der Waals surface area (Å²) < 4.78 is 21.6. The number of hydrogen-bond donors (Lipinski definition) is 2. The molecule has 112 valence electrons. The monoisotopic (exact) mass is 295 g/mol. The molecule has 0 aromatic heterocycles. The lowest BCUT2D eigenvalue weighted by Gasteiger charge is -2.24. The lowest BCUT2D eigenvalue weighted by Crippen LogP contribution is -2.37. The predicted molar refractivity (Wildman–Crippen MR) is 72.5 cm³/mol. The number of carbonyl (C=O) groups excluding carboxylic acids is 1. The number of nitrogens with one attached hydrogen (secondary N) is 1. The maximum atomic E-state index is 11.5. The van der Waals surface area contributed by atoms with E-state index < -0.39 is 7.82 Å². The van der Waals surface area contributed by atoms with Gasteiger partial charge in [-0.25, -0.2) is 4.57 Å². The molecular formula is C11H24N2O5P+. The van der Waals surface area contributed by atoms with Crippen molar-refractivity contribution in [3.05, 3.63) is 12.2 Å². The van der Waals surface area contributed by atoms with E-state index in [0.29, 0.717) is 16.6 Å². The van der Waals surface area contributed by atoms with Crippen LogP contribution in [0.5, 0.6) is 0 Å². The summed E-state index contributed by atoms with van der Waals surface area (Å²) in [4.78, 5) is 20.5. The molecule has 0 aromatic rings. The summed E-state index contributed by atoms with van der Waals surface area (Å²) in [5.41, 5.74) is 0.367. The number of amides is 1. The molecular weight excluding hydrogens is 271 g/mol. The van der Waals surface area contributed by atoms with Crippen LogP contribution >= 0.6 is 7.82 Å². The van der Waals surface area contributed by atoms with E-state index in [1.54, 1.807) is 6.92 Å². The fourth-order valence-electron chi connectivity index (χ4n) is 0.944. The second kappa shape index (κ2) is 7.77. The first-order valence-electron chi connectivity index (χ1n) is 5.89. The van der Waals surface area contributed by atoms with Gasteiger partial charge in [0.2, 0.25) is 5.91 Å². The Hall–Kier alpha value is -0.720. The Balaban J connectivity index is 3.82. The molecule has 0 aromatic carbocycles. The van der Waals surface area contributed by atoms with E-state index >= 15 is 0 Å². The van der Waals surface area contributed by atoms with E-state index in [-0.39, 0.29) is 25.7 Å². The van der Waals surface area contributed by atoms with Gasteiger partial charge in [-0.1, -0.05) is 6.58 Å². The minimum Gasteiger partial charge on any atom is -0.350 e. The number of rotatable bonds is 9. The van der Waals surface area contributed by atoms with Crippen molar-refractivity contribution in [2.45, 2.75) is 6.92 Å². The van der Waals surface area contributed by atoms with Crippen LogP contribution in [0.15, 0.2) is 12.2 Å². The van der Waals surface area contributed by atoms with Crippen LogP contribution in [-0.2, 0) is 18.4 Å². The molecule has 8 heteroatoms. The molecule has 0 aliphatic carbocycles. The summed E-state index contributed by atoms with van der Waals surface area (Å²) in [5.74, 6) is -0.317. The molecule has 0 rings (SSSR count). The largest absolute Gasteiger partial charge is 0.472 e. The first-order chi connectivity index (χ1) is 8.53. The zero-order valence-electron chi connectivity index (χ0n) is 12.0. The highest BCUT2D eigenvalue weighted by atomic mass is 31.2. The zero-order chi connectivity index (χ0) is 15.1. The maximum absolute atomic E-state index is 11.5. The summed E-state index contributed by atoms with van der Waals surface area (Å²) in [6.45, 7) is 5.76. The first-order valence-corrected chi connectivity index (χ1v) is 7.39. The van der Waals surface area contributed by atoms with E-state index in [1.807, 2.05) is 21.1 Å². The number of quaternary nitrogens is 1. The van der Waals surface area contributed by atoms with Crippen molar-refractivity contribution >= 4 is 13.7 Å². The van der Waals surface area contributed by atoms with Crippen molar-refractivity contribution in [1.82, 2.24) is 5.32 Å². The number of likely N-dealkylation sites (N-methyl/N-ethyl adjacent to an activating group) is 1. The Morgan fingerprint density at radius 3 is 2.32 bits per heavy atom. The highest BCUT2D eigenvalue weighted by Crippen LogP contribution is 2.42. The van der Waals surface area contributed by atoms with Gasteiger partial charge < -0.3 is 14.7 Å². The summed E-state index contributed by atoms with van der Waals surface area (Å²) in [6.07, 6.45) is 0. The van der Waals surface area contributed by atoms with Crippen molar-refractivity contribution < 1.29 is 27.8 Å². The average molecular weight is 295 g/mol. The van der Waals surface area contributed by atoms with Gasteiger partial charge in [0, 0.05) is 12.1 Å². The van der Waals surface area contributed by atoms with Gasteiger partial charge >= 0.3 is 7.82 Å². The standard InChI is InChI=1S/C11H23N2O5P/c1-10(2)11(14)12-6-8-17-19(15,16)18-9-7-13(3,4)5/h1,6-9H2,2-5H3,(H-,12,14,15,16)/p+1. The third kappa shape index (κ3) is 10.9. The summed E-state index contributed by atoms with van der Waals surface area (Å²) in [7, 11) is 1.79. The molecule has 2 N–H and O–H groups in total. The molecule has 0 heterocycles. The molecule has 0 spiro atoms. The van der Waals surface area contributed by atoms with Crippen LogP contribution in [0.3, 0.4) is 0 Å². The molecule has 1 unspecified atom stereocenters. The van der Waals surface area contributed by atoms with Gasteiger partial charge in [-0.05, 0) is 6.92 Å². The van der Waals surface area contributed by atoms with Gasteiger partial charge in [-0.15, -0.1) is 0 Å². The normalized spacial score (nSPS) is 14.8. The van der Waals surface area contributed by atoms with Crippen molar-refractivity contribution in [2.24, 2.45) is 0 Å². The first kappa shape index (κ1) is 18.3. The number of phosphoric acid groups is 1. The van der Waals surface area contributed by atoms with Gasteiger partial charge in [-0.3, -0.25) is 13.8 Å². The van der Waals surface area contributed by atoms with E-state index in [1.165, 1.54) is 0 Å². The molecule has 0 fully saturated rings. The predicted octanol–water partition coefficient (Wildman–Crippen LogP) is 0.518. The summed E-state index contributed by atoms with van der Waals surface area (Å²) in [6, 6.07) is 0. The van der Waals surface area contributed by atoms with Crippen LogP contribution in [0.1, 0.15) is 6.92 Å². The molecule has 0 radical (unpaired) electrons. The van der Waals surface area contributed by atoms with Crippen LogP contribution in [0.4, 0.5) is 0 Å². The van der Waals surface area contributed by atoms with Crippen molar-refractivity contribution in [2.75, 3.05) is 47.4 Å². The smallest absolute Gasteiger partial charge is 0.350 e. The van der Waals surface area contributed by atoms with Gasteiger partial charge in [0.25, 0.3) is 0 Å². The van der Waals surface area contributed by atoms with Crippen LogP contribution in [0.25, 0.3) is 0 Å². The van der Waals surface area contributed by atoms with Crippen LogP contribution in [0, 0.1) is 0 Å². The second-order valence-corrected chi connectivity index (χ2v) is 6.64. The number of nitrogens with zero attached hydrogens (tertiary/aromatic N) is 1. The van der Waals surface area contributed by atoms with Crippen LogP contribution < -0.4 is 5.32 Å². The minimum atomic E-state index is -4.05. The third-order valence-corrected chi connectivity index (χ3v) is 3.06. The fourth-order valence-corrected chi connectivity index (χ4v) is 1.65. The van der Waals surface area contributed by atoms with Crippen LogP contribution in [0.2, 0.25) is 0 Å². The van der Waals surface area contributed by atoms with Crippen molar-refractivity contribution in [1.29, 1.82) is 0 Å². The lowest BCUT2D eigenvalue weighted by atomic mass is 10.3. The number of carbonyl (C=O) groups is 1. The molecule has 0 bridgehead atoms. The number of phosphoric ester groups is 1. The van der Waals surface area contributed by atoms with E-state index in [0.717, 1.165) is 0 Å². The Kier molecular flexibility index (Phi) is 7.47. The molecule has 0 aliphatic rings. The van der Waals surface area contributed by atoms with E-state index in [9.17, 15) is 14.3 Å². The molecule has 0 saturated carbocycles. The Bertz CT molecular complexity index is 365. The van der Waals surface area contributed by atoms with Gasteiger partial charge in [0.1, 0.15) is 13.2 Å². The Morgan fingerprint density at radius 2 is 1.84 bits per heavy atom.